The summed E-state index contributed by atoms with van der Waals surface area (Å²) in [6, 6.07) is 0. The molecule has 0 amide bonds. The minimum atomic E-state index is -0.318. The molecule has 3 nitrogen and oxygen atoms in total. The number of hydrogen-bond donors (Lipinski definition) is 2. The number of aliphatic hydroxyl groups is 2. The average Bonchev–Trinajstić information content (AvgIpc) is 3.05. The van der Waals surface area contributed by atoms with Crippen LogP contribution >= 0.6 is 0 Å². The van der Waals surface area contributed by atoms with E-state index in [9.17, 15) is 10.2 Å². The zero-order valence-corrected chi connectivity index (χ0v) is 11.7. The Balaban J connectivity index is 1.93. The summed E-state index contributed by atoms with van der Waals surface area (Å²) >= 11 is 0. The number of aliphatic hydroxyl groups excluding tert-OH is 2. The van der Waals surface area contributed by atoms with Gasteiger partial charge in [-0.05, 0) is 37.5 Å². The van der Waals surface area contributed by atoms with E-state index in [2.05, 4.69) is 20.8 Å². The fraction of sp³-hybridized carbons (Fsp3) is 1.00. The van der Waals surface area contributed by atoms with Crippen LogP contribution in [0.15, 0.2) is 0 Å². The van der Waals surface area contributed by atoms with Crippen LogP contribution in [0.5, 0.6) is 0 Å². The molecule has 1 spiro atoms. The Kier molecular flexibility index (Phi) is 2.82. The van der Waals surface area contributed by atoms with Gasteiger partial charge in [0, 0.05) is 11.3 Å². The van der Waals surface area contributed by atoms with Crippen molar-refractivity contribution in [3.63, 3.8) is 0 Å². The molecular formula is C15H26O3. The monoisotopic (exact) mass is 254 g/mol. The van der Waals surface area contributed by atoms with E-state index in [0.717, 1.165) is 32.3 Å². The van der Waals surface area contributed by atoms with Gasteiger partial charge in [-0.2, -0.15) is 0 Å². The molecule has 3 heteroatoms. The summed E-state index contributed by atoms with van der Waals surface area (Å²) in [7, 11) is 0. The van der Waals surface area contributed by atoms with Crippen molar-refractivity contribution < 1.29 is 14.9 Å². The predicted molar refractivity (Wildman–Crippen MR) is 69.1 cm³/mol. The van der Waals surface area contributed by atoms with E-state index < -0.39 is 0 Å². The first-order valence-corrected chi connectivity index (χ1v) is 7.41. The Morgan fingerprint density at radius 1 is 1.17 bits per heavy atom. The first-order valence-electron chi connectivity index (χ1n) is 7.41. The molecule has 104 valence electrons. The third-order valence-corrected chi connectivity index (χ3v) is 6.05. The van der Waals surface area contributed by atoms with Crippen molar-refractivity contribution in [2.24, 2.45) is 23.2 Å². The van der Waals surface area contributed by atoms with Gasteiger partial charge >= 0.3 is 0 Å². The Morgan fingerprint density at radius 3 is 2.39 bits per heavy atom. The molecule has 3 aliphatic rings. The average molecular weight is 254 g/mol. The highest BCUT2D eigenvalue weighted by molar-refractivity contribution is 5.15. The summed E-state index contributed by atoms with van der Waals surface area (Å²) in [5.41, 5.74) is -0.263. The molecule has 2 aliphatic carbocycles. The zero-order valence-electron chi connectivity index (χ0n) is 11.7. The highest BCUT2D eigenvalue weighted by Crippen LogP contribution is 2.61. The molecule has 0 aromatic rings. The second kappa shape index (κ2) is 3.94. The van der Waals surface area contributed by atoms with Gasteiger partial charge in [-0.15, -0.1) is 0 Å². The van der Waals surface area contributed by atoms with Crippen LogP contribution in [0.1, 0.15) is 46.5 Å². The quantitative estimate of drug-likeness (QED) is 0.703. The van der Waals surface area contributed by atoms with Gasteiger partial charge in [0.25, 0.3) is 0 Å². The van der Waals surface area contributed by atoms with Crippen LogP contribution in [-0.4, -0.2) is 34.6 Å². The van der Waals surface area contributed by atoms with E-state index in [-0.39, 0.29) is 29.1 Å². The lowest BCUT2D eigenvalue weighted by molar-refractivity contribution is -0.170. The molecule has 0 unspecified atom stereocenters. The third-order valence-electron chi connectivity index (χ3n) is 6.05. The minimum absolute atomic E-state index is 0.110. The van der Waals surface area contributed by atoms with Gasteiger partial charge in [0.05, 0.1) is 24.4 Å². The van der Waals surface area contributed by atoms with Crippen molar-refractivity contribution in [2.75, 3.05) is 6.61 Å². The molecule has 0 radical (unpaired) electrons. The second-order valence-corrected chi connectivity index (χ2v) is 7.33. The molecule has 2 saturated carbocycles. The molecule has 1 heterocycles. The molecule has 1 aliphatic heterocycles. The molecule has 6 atom stereocenters. The third kappa shape index (κ3) is 1.60. The lowest BCUT2D eigenvalue weighted by Crippen LogP contribution is -2.60. The zero-order chi connectivity index (χ0) is 13.1. The van der Waals surface area contributed by atoms with Crippen molar-refractivity contribution in [3.05, 3.63) is 0 Å². The minimum Gasteiger partial charge on any atom is -0.393 e. The maximum absolute atomic E-state index is 10.8. The van der Waals surface area contributed by atoms with Crippen LogP contribution in [0.2, 0.25) is 0 Å². The largest absolute Gasteiger partial charge is 0.393 e. The van der Waals surface area contributed by atoms with Crippen LogP contribution in [0.4, 0.5) is 0 Å². The molecule has 18 heavy (non-hydrogen) atoms. The molecule has 3 fully saturated rings. The fourth-order valence-electron chi connectivity index (χ4n) is 4.74. The number of epoxide rings is 1. The van der Waals surface area contributed by atoms with Gasteiger partial charge in [0.1, 0.15) is 0 Å². The summed E-state index contributed by atoms with van der Waals surface area (Å²) in [4.78, 5) is 0. The summed E-state index contributed by atoms with van der Waals surface area (Å²) in [6.07, 6.45) is 3.19. The Bertz CT molecular complexity index is 337. The first-order chi connectivity index (χ1) is 8.41. The number of hydrogen-bond acceptors (Lipinski definition) is 3. The molecule has 0 bridgehead atoms. The van der Waals surface area contributed by atoms with E-state index in [4.69, 9.17) is 4.74 Å². The fourth-order valence-corrected chi connectivity index (χ4v) is 4.74. The SMILES string of the molecule is CC(C)[C@@H]1CC[C@@]2(C)[C@H](O)CC[C@]3(CO3)[C@@H]2[C@H]1O. The summed E-state index contributed by atoms with van der Waals surface area (Å²) in [5, 5.41) is 21.2. The van der Waals surface area contributed by atoms with Gasteiger partial charge in [-0.25, -0.2) is 0 Å². The Labute approximate surface area is 110 Å². The van der Waals surface area contributed by atoms with Gasteiger partial charge in [-0.1, -0.05) is 20.8 Å². The van der Waals surface area contributed by atoms with Crippen molar-refractivity contribution in [1.82, 2.24) is 0 Å². The van der Waals surface area contributed by atoms with E-state index in [0.29, 0.717) is 11.8 Å². The van der Waals surface area contributed by atoms with Crippen LogP contribution in [0.25, 0.3) is 0 Å². The summed E-state index contributed by atoms with van der Waals surface area (Å²) in [5.74, 6) is 0.976. The molecule has 1 saturated heterocycles. The highest BCUT2D eigenvalue weighted by atomic mass is 16.6. The Morgan fingerprint density at radius 2 is 1.83 bits per heavy atom. The van der Waals surface area contributed by atoms with Crippen LogP contribution in [0.3, 0.4) is 0 Å². The Hall–Kier alpha value is -0.120. The van der Waals surface area contributed by atoms with Gasteiger partial charge < -0.3 is 14.9 Å². The van der Waals surface area contributed by atoms with Crippen molar-refractivity contribution >= 4 is 0 Å². The van der Waals surface area contributed by atoms with Crippen LogP contribution in [0, 0.1) is 23.2 Å². The van der Waals surface area contributed by atoms with Crippen LogP contribution < -0.4 is 0 Å². The number of ether oxygens (including phenoxy) is 1. The van der Waals surface area contributed by atoms with Gasteiger partial charge in [0.2, 0.25) is 0 Å². The molecule has 3 rings (SSSR count). The van der Waals surface area contributed by atoms with E-state index >= 15 is 0 Å². The topological polar surface area (TPSA) is 53.0 Å². The van der Waals surface area contributed by atoms with E-state index in [1.807, 2.05) is 0 Å². The second-order valence-electron chi connectivity index (χ2n) is 7.33. The van der Waals surface area contributed by atoms with E-state index in [1.165, 1.54) is 0 Å². The summed E-state index contributed by atoms with van der Waals surface area (Å²) in [6.45, 7) is 7.32. The predicted octanol–water partition coefficient (Wildman–Crippen LogP) is 1.96. The first kappa shape index (κ1) is 12.9. The maximum atomic E-state index is 10.8. The molecule has 0 aromatic heterocycles. The number of rotatable bonds is 1. The lowest BCUT2D eigenvalue weighted by atomic mass is 9.51. The van der Waals surface area contributed by atoms with E-state index in [1.54, 1.807) is 0 Å². The van der Waals surface area contributed by atoms with Crippen molar-refractivity contribution in [3.8, 4) is 0 Å². The van der Waals surface area contributed by atoms with Gasteiger partial charge in [0.15, 0.2) is 0 Å². The smallest absolute Gasteiger partial charge is 0.0976 e. The standard InChI is InChI=1S/C15H26O3/c1-9(2)10-4-6-14(3)11(16)5-7-15(8-18-15)13(14)12(10)17/h9-13,16-17H,4-8H2,1-3H3/t10-,11+,12-,13+,14-,15-/m0/s1. The normalized spacial score (nSPS) is 55.7. The van der Waals surface area contributed by atoms with Crippen molar-refractivity contribution in [1.29, 1.82) is 0 Å². The summed E-state index contributed by atoms with van der Waals surface area (Å²) < 4.78 is 5.75. The molecule has 2 N–H and O–H groups in total. The maximum Gasteiger partial charge on any atom is 0.0976 e. The number of fused-ring (bicyclic) bond motifs is 2. The molecular weight excluding hydrogens is 228 g/mol. The van der Waals surface area contributed by atoms with Crippen molar-refractivity contribution in [2.45, 2.75) is 64.3 Å². The highest BCUT2D eigenvalue weighted by Gasteiger charge is 2.66. The van der Waals surface area contributed by atoms with Gasteiger partial charge in [-0.3, -0.25) is 0 Å². The molecule has 0 aromatic carbocycles. The lowest BCUT2D eigenvalue weighted by Gasteiger charge is -2.55. The van der Waals surface area contributed by atoms with Crippen LogP contribution in [-0.2, 0) is 4.74 Å².